The van der Waals surface area contributed by atoms with Crippen molar-refractivity contribution in [2.24, 2.45) is 5.73 Å². The summed E-state index contributed by atoms with van der Waals surface area (Å²) in [4.78, 5) is 36.0. The number of benzene rings is 2. The van der Waals surface area contributed by atoms with Gasteiger partial charge < -0.3 is 15.4 Å². The minimum atomic E-state index is -0.746. The number of hydrogen-bond acceptors (Lipinski definition) is 6. The molecule has 2 rings (SSSR count). The summed E-state index contributed by atoms with van der Waals surface area (Å²) in [5.41, 5.74) is 7.16. The lowest BCUT2D eigenvalue weighted by molar-refractivity contribution is -0.387. The second-order valence-corrected chi connectivity index (χ2v) is 7.60. The van der Waals surface area contributed by atoms with Crippen LogP contribution in [0.5, 0.6) is 5.75 Å². The van der Waals surface area contributed by atoms with Crippen LogP contribution in [0.25, 0.3) is 0 Å². The Balaban J connectivity index is 1.89. The van der Waals surface area contributed by atoms with Crippen molar-refractivity contribution in [3.05, 3.63) is 63.2 Å². The Morgan fingerprint density at radius 3 is 2.41 bits per heavy atom. The van der Waals surface area contributed by atoms with E-state index in [2.05, 4.69) is 6.07 Å². The summed E-state index contributed by atoms with van der Waals surface area (Å²) < 4.78 is 5.70. The van der Waals surface area contributed by atoms with Crippen LogP contribution in [0.15, 0.2) is 41.3 Å². The molecule has 29 heavy (non-hydrogen) atoms. The fourth-order valence-corrected chi connectivity index (χ4v) is 3.57. The molecule has 0 aliphatic rings. The Morgan fingerprint density at radius 1 is 1.17 bits per heavy atom. The van der Waals surface area contributed by atoms with Gasteiger partial charge in [-0.05, 0) is 49.2 Å². The number of nitrogens with zero attached hydrogens (tertiary/aromatic N) is 2. The normalized spacial score (nSPS) is 10.4. The second kappa shape index (κ2) is 9.92. The van der Waals surface area contributed by atoms with Crippen LogP contribution in [0.4, 0.5) is 5.69 Å². The number of amides is 2. The highest BCUT2D eigenvalue weighted by Crippen LogP contribution is 2.30. The van der Waals surface area contributed by atoms with Gasteiger partial charge in [0, 0.05) is 18.7 Å². The Hall–Kier alpha value is -3.07. The van der Waals surface area contributed by atoms with Crippen molar-refractivity contribution in [2.75, 3.05) is 26.0 Å². The van der Waals surface area contributed by atoms with Crippen LogP contribution in [-0.4, -0.2) is 47.6 Å². The third-order valence-electron chi connectivity index (χ3n) is 4.11. The van der Waals surface area contributed by atoms with E-state index in [1.54, 1.807) is 7.05 Å². The molecule has 0 saturated carbocycles. The van der Waals surface area contributed by atoms with Crippen molar-refractivity contribution in [2.45, 2.75) is 18.7 Å². The van der Waals surface area contributed by atoms with E-state index in [1.807, 2.05) is 26.0 Å². The molecule has 0 saturated heterocycles. The smallest absolute Gasteiger partial charge is 0.283 e. The summed E-state index contributed by atoms with van der Waals surface area (Å²) in [6.07, 6.45) is 0. The van der Waals surface area contributed by atoms with E-state index in [9.17, 15) is 19.7 Å². The fourth-order valence-electron chi connectivity index (χ4n) is 2.63. The van der Waals surface area contributed by atoms with E-state index in [4.69, 9.17) is 10.5 Å². The van der Waals surface area contributed by atoms with Gasteiger partial charge in [-0.25, -0.2) is 0 Å². The third-order valence-corrected chi connectivity index (χ3v) is 5.16. The van der Waals surface area contributed by atoms with Crippen molar-refractivity contribution in [3.63, 3.8) is 0 Å². The number of thioether (sulfide) groups is 1. The van der Waals surface area contributed by atoms with E-state index in [0.29, 0.717) is 18.0 Å². The predicted octanol–water partition coefficient (Wildman–Crippen LogP) is 2.94. The lowest BCUT2D eigenvalue weighted by atomic mass is 10.1. The van der Waals surface area contributed by atoms with E-state index in [0.717, 1.165) is 34.7 Å². The standard InChI is InChI=1S/C20H23N3O5S/c1-13-8-14(2)10-16(9-13)28-7-6-22(3)19(24)12-29-18-5-4-15(20(21)25)11-17(18)23(26)27/h4-5,8-11H,6-7,12H2,1-3H3,(H2,21,25). The number of likely N-dealkylation sites (N-methyl/N-ethyl adjacent to an activating group) is 1. The van der Waals surface area contributed by atoms with Crippen LogP contribution in [0, 0.1) is 24.0 Å². The molecule has 0 heterocycles. The zero-order valence-electron chi connectivity index (χ0n) is 16.5. The molecule has 0 aliphatic carbocycles. The van der Waals surface area contributed by atoms with Gasteiger partial charge in [-0.3, -0.25) is 19.7 Å². The predicted molar refractivity (Wildman–Crippen MR) is 111 cm³/mol. The first-order valence-electron chi connectivity index (χ1n) is 8.83. The number of carbonyl (C=O) groups excluding carboxylic acids is 2. The minimum absolute atomic E-state index is 0.0246. The number of carbonyl (C=O) groups is 2. The van der Waals surface area contributed by atoms with E-state index >= 15 is 0 Å². The molecule has 0 aromatic heterocycles. The van der Waals surface area contributed by atoms with Crippen molar-refractivity contribution >= 4 is 29.3 Å². The van der Waals surface area contributed by atoms with E-state index in [1.165, 1.54) is 17.0 Å². The van der Waals surface area contributed by atoms with Crippen LogP contribution >= 0.6 is 11.8 Å². The Bertz CT molecular complexity index is 912. The summed E-state index contributed by atoms with van der Waals surface area (Å²) in [5, 5.41) is 11.2. The maximum absolute atomic E-state index is 12.3. The number of hydrogen-bond donors (Lipinski definition) is 1. The average molecular weight is 417 g/mol. The van der Waals surface area contributed by atoms with Crippen LogP contribution in [0.2, 0.25) is 0 Å². The second-order valence-electron chi connectivity index (χ2n) is 6.58. The lowest BCUT2D eigenvalue weighted by Gasteiger charge is -2.17. The SMILES string of the molecule is Cc1cc(C)cc(OCCN(C)C(=O)CSc2ccc(C(N)=O)cc2[N+](=O)[O-])c1. The van der Waals surface area contributed by atoms with Gasteiger partial charge in [0.1, 0.15) is 12.4 Å². The van der Waals surface area contributed by atoms with Crippen molar-refractivity contribution in [1.82, 2.24) is 4.90 Å². The van der Waals surface area contributed by atoms with Gasteiger partial charge in [0.15, 0.2) is 0 Å². The first-order valence-corrected chi connectivity index (χ1v) is 9.82. The molecule has 0 aliphatic heterocycles. The Morgan fingerprint density at radius 2 is 1.83 bits per heavy atom. The third kappa shape index (κ3) is 6.49. The first-order chi connectivity index (χ1) is 13.7. The van der Waals surface area contributed by atoms with Crippen molar-refractivity contribution in [3.8, 4) is 5.75 Å². The maximum Gasteiger partial charge on any atom is 0.283 e. The molecule has 0 atom stereocenters. The number of primary amides is 1. The summed E-state index contributed by atoms with van der Waals surface area (Å²) in [5.74, 6) is -0.156. The van der Waals surface area contributed by atoms with Crippen LogP contribution < -0.4 is 10.5 Å². The van der Waals surface area contributed by atoms with Crippen LogP contribution in [0.1, 0.15) is 21.5 Å². The maximum atomic E-state index is 12.3. The van der Waals surface area contributed by atoms with Gasteiger partial charge in [-0.1, -0.05) is 6.07 Å². The molecule has 0 spiro atoms. The number of aryl methyl sites for hydroxylation is 2. The number of nitrogens with two attached hydrogens (primary N) is 1. The molecule has 0 unspecified atom stereocenters. The highest BCUT2D eigenvalue weighted by molar-refractivity contribution is 8.00. The molecular weight excluding hydrogens is 394 g/mol. The fraction of sp³-hybridized carbons (Fsp3) is 0.300. The average Bonchev–Trinajstić information content (AvgIpc) is 2.64. The van der Waals surface area contributed by atoms with Gasteiger partial charge in [-0.2, -0.15) is 0 Å². The lowest BCUT2D eigenvalue weighted by Crippen LogP contribution is -2.32. The van der Waals surface area contributed by atoms with Crippen molar-refractivity contribution < 1.29 is 19.2 Å². The highest BCUT2D eigenvalue weighted by atomic mass is 32.2. The molecule has 2 N–H and O–H groups in total. The molecule has 0 radical (unpaired) electrons. The zero-order valence-corrected chi connectivity index (χ0v) is 17.3. The molecule has 2 aromatic carbocycles. The van der Waals surface area contributed by atoms with Gasteiger partial charge in [0.05, 0.1) is 22.1 Å². The van der Waals surface area contributed by atoms with Crippen molar-refractivity contribution in [1.29, 1.82) is 0 Å². The quantitative estimate of drug-likeness (QED) is 0.381. The largest absolute Gasteiger partial charge is 0.492 e. The summed E-state index contributed by atoms with van der Waals surface area (Å²) in [6.45, 7) is 4.70. The van der Waals surface area contributed by atoms with Gasteiger partial charge >= 0.3 is 0 Å². The molecule has 9 heteroatoms. The first kappa shape index (κ1) is 22.2. The Labute approximate surface area is 173 Å². The van der Waals surface area contributed by atoms with Crippen LogP contribution in [0.3, 0.4) is 0 Å². The number of ether oxygens (including phenoxy) is 1. The molecule has 0 bridgehead atoms. The molecule has 2 aromatic rings. The Kier molecular flexibility index (Phi) is 7.60. The van der Waals surface area contributed by atoms with Gasteiger partial charge in [0.2, 0.25) is 11.8 Å². The summed E-state index contributed by atoms with van der Waals surface area (Å²) in [7, 11) is 1.65. The summed E-state index contributed by atoms with van der Waals surface area (Å²) >= 11 is 1.04. The number of nitro benzene ring substituents is 1. The van der Waals surface area contributed by atoms with E-state index in [-0.39, 0.29) is 22.9 Å². The van der Waals surface area contributed by atoms with E-state index < -0.39 is 10.8 Å². The minimum Gasteiger partial charge on any atom is -0.492 e. The number of rotatable bonds is 9. The van der Waals surface area contributed by atoms with Gasteiger partial charge in [-0.15, -0.1) is 11.8 Å². The molecule has 2 amide bonds. The summed E-state index contributed by atoms with van der Waals surface area (Å²) in [6, 6.07) is 9.87. The monoisotopic (exact) mass is 417 g/mol. The molecule has 154 valence electrons. The highest BCUT2D eigenvalue weighted by Gasteiger charge is 2.19. The molecule has 8 nitrogen and oxygen atoms in total. The topological polar surface area (TPSA) is 116 Å². The molecule has 0 fully saturated rings. The molecular formula is C20H23N3O5S. The van der Waals surface area contributed by atoms with Gasteiger partial charge in [0.25, 0.3) is 5.69 Å². The number of nitro groups is 1. The zero-order chi connectivity index (χ0) is 21.6. The van der Waals surface area contributed by atoms with Crippen LogP contribution in [-0.2, 0) is 4.79 Å².